The Morgan fingerprint density at radius 1 is 1.28 bits per heavy atom. The van der Waals surface area contributed by atoms with Crippen molar-refractivity contribution in [2.45, 2.75) is 24.7 Å². The maximum Gasteiger partial charge on any atom is 0.265 e. The fourth-order valence-electron chi connectivity index (χ4n) is 2.69. The van der Waals surface area contributed by atoms with E-state index in [-0.39, 0.29) is 21.2 Å². The second-order valence-electron chi connectivity index (χ2n) is 5.76. The van der Waals surface area contributed by atoms with Crippen molar-refractivity contribution in [3.63, 3.8) is 0 Å². The highest BCUT2D eigenvalue weighted by molar-refractivity contribution is 7.89. The monoisotopic (exact) mass is 400 g/mol. The molecule has 0 aliphatic carbocycles. The summed E-state index contributed by atoms with van der Waals surface area (Å²) >= 11 is 6.97. The van der Waals surface area contributed by atoms with E-state index in [4.69, 9.17) is 11.6 Å². The fourth-order valence-corrected chi connectivity index (χ4v) is 5.84. The minimum Gasteiger partial charge on any atom is -0.506 e. The quantitative estimate of drug-likeness (QED) is 0.769. The predicted molar refractivity (Wildman–Crippen MR) is 98.1 cm³/mol. The van der Waals surface area contributed by atoms with Crippen molar-refractivity contribution in [1.82, 2.24) is 4.31 Å². The van der Waals surface area contributed by atoms with Gasteiger partial charge in [-0.25, -0.2) is 8.42 Å². The van der Waals surface area contributed by atoms with E-state index in [2.05, 4.69) is 5.32 Å². The van der Waals surface area contributed by atoms with Crippen molar-refractivity contribution >= 4 is 44.6 Å². The zero-order valence-electron chi connectivity index (χ0n) is 13.5. The molecule has 25 heavy (non-hydrogen) atoms. The number of sulfonamides is 1. The molecule has 6 nitrogen and oxygen atoms in total. The largest absolute Gasteiger partial charge is 0.506 e. The number of carbonyl (C=O) groups is 1. The summed E-state index contributed by atoms with van der Waals surface area (Å²) in [6, 6.07) is 5.70. The predicted octanol–water partition coefficient (Wildman–Crippen LogP) is 3.45. The number of nitrogens with one attached hydrogen (secondary N) is 1. The third-order valence-corrected chi connectivity index (χ3v) is 7.42. The van der Waals surface area contributed by atoms with Crippen LogP contribution < -0.4 is 5.32 Å². The van der Waals surface area contributed by atoms with E-state index >= 15 is 0 Å². The van der Waals surface area contributed by atoms with E-state index < -0.39 is 15.9 Å². The van der Waals surface area contributed by atoms with Crippen molar-refractivity contribution in [2.24, 2.45) is 0 Å². The topological polar surface area (TPSA) is 86.7 Å². The number of benzene rings is 1. The average Bonchev–Trinajstić information content (AvgIpc) is 3.20. The minimum atomic E-state index is -3.58. The van der Waals surface area contributed by atoms with Gasteiger partial charge in [-0.1, -0.05) is 11.6 Å². The summed E-state index contributed by atoms with van der Waals surface area (Å²) in [5.74, 6) is -0.607. The highest BCUT2D eigenvalue weighted by Crippen LogP contribution is 2.32. The molecule has 0 radical (unpaired) electrons. The molecule has 9 heteroatoms. The molecule has 1 aliphatic heterocycles. The fraction of sp³-hybridized carbons (Fsp3) is 0.312. The van der Waals surface area contributed by atoms with Gasteiger partial charge in [0.05, 0.1) is 15.5 Å². The number of carbonyl (C=O) groups excluding carboxylic acids is 1. The van der Waals surface area contributed by atoms with Crippen LogP contribution in [0.15, 0.2) is 29.2 Å². The summed E-state index contributed by atoms with van der Waals surface area (Å²) in [4.78, 5) is 13.4. The van der Waals surface area contributed by atoms with E-state index in [1.807, 2.05) is 0 Å². The molecular formula is C16H17ClN2O4S2. The molecular weight excluding hydrogens is 384 g/mol. The molecule has 1 saturated heterocycles. The summed E-state index contributed by atoms with van der Waals surface area (Å²) < 4.78 is 26.8. The van der Waals surface area contributed by atoms with Gasteiger partial charge in [-0.15, -0.1) is 11.3 Å². The lowest BCUT2D eigenvalue weighted by atomic mass is 10.3. The van der Waals surface area contributed by atoms with Gasteiger partial charge in [-0.3, -0.25) is 4.79 Å². The van der Waals surface area contributed by atoms with E-state index in [1.165, 1.54) is 28.6 Å². The van der Waals surface area contributed by atoms with Gasteiger partial charge in [0.15, 0.2) is 0 Å². The average molecular weight is 401 g/mol. The van der Waals surface area contributed by atoms with Crippen LogP contribution in [0.5, 0.6) is 5.75 Å². The number of phenolic OH excluding ortho intramolecular Hbond substituents is 1. The molecule has 0 bridgehead atoms. The molecule has 2 heterocycles. The molecule has 0 saturated carbocycles. The first kappa shape index (κ1) is 18.2. The number of halogens is 1. The lowest BCUT2D eigenvalue weighted by Crippen LogP contribution is -2.28. The Bertz CT molecular complexity index is 918. The van der Waals surface area contributed by atoms with Crippen molar-refractivity contribution in [1.29, 1.82) is 0 Å². The lowest BCUT2D eigenvalue weighted by Gasteiger charge is -2.14. The number of amides is 1. The molecule has 1 aromatic heterocycles. The second kappa shape index (κ2) is 6.95. The number of thiophene rings is 1. The second-order valence-corrected chi connectivity index (χ2v) is 9.36. The van der Waals surface area contributed by atoms with E-state index in [0.29, 0.717) is 23.0 Å². The number of phenols is 1. The van der Waals surface area contributed by atoms with Gasteiger partial charge < -0.3 is 10.4 Å². The Morgan fingerprint density at radius 2 is 1.96 bits per heavy atom. The molecule has 0 unspecified atom stereocenters. The zero-order valence-corrected chi connectivity index (χ0v) is 15.8. The third kappa shape index (κ3) is 3.67. The van der Waals surface area contributed by atoms with Crippen molar-refractivity contribution in [2.75, 3.05) is 18.4 Å². The van der Waals surface area contributed by atoms with Crippen LogP contribution >= 0.6 is 22.9 Å². The number of nitrogens with zero attached hydrogens (tertiary/aromatic N) is 1. The van der Waals surface area contributed by atoms with Gasteiger partial charge in [0.2, 0.25) is 10.0 Å². The molecule has 1 amide bonds. The lowest BCUT2D eigenvalue weighted by molar-refractivity contribution is 0.103. The maximum absolute atomic E-state index is 12.7. The summed E-state index contributed by atoms with van der Waals surface area (Å²) in [6.45, 7) is 2.70. The van der Waals surface area contributed by atoms with Crippen LogP contribution in [0.4, 0.5) is 5.69 Å². The Kier molecular flexibility index (Phi) is 5.06. The molecule has 134 valence electrons. The maximum atomic E-state index is 12.7. The van der Waals surface area contributed by atoms with E-state index in [9.17, 15) is 18.3 Å². The molecule has 0 atom stereocenters. The first-order chi connectivity index (χ1) is 11.8. The smallest absolute Gasteiger partial charge is 0.265 e. The van der Waals surface area contributed by atoms with Crippen molar-refractivity contribution in [3.8, 4) is 5.75 Å². The highest BCUT2D eigenvalue weighted by Gasteiger charge is 2.30. The van der Waals surface area contributed by atoms with Gasteiger partial charge in [-0.2, -0.15) is 4.31 Å². The Balaban J connectivity index is 1.86. The van der Waals surface area contributed by atoms with Crippen LogP contribution in [0.2, 0.25) is 5.02 Å². The molecule has 1 fully saturated rings. The van der Waals surface area contributed by atoms with Gasteiger partial charge in [0.25, 0.3) is 5.91 Å². The Labute approximate surface area is 155 Å². The van der Waals surface area contributed by atoms with Gasteiger partial charge in [0.1, 0.15) is 5.75 Å². The molecule has 1 aromatic carbocycles. The highest BCUT2D eigenvalue weighted by atomic mass is 35.5. The van der Waals surface area contributed by atoms with Crippen LogP contribution in [0.25, 0.3) is 0 Å². The normalized spacial score (nSPS) is 15.4. The van der Waals surface area contributed by atoms with Gasteiger partial charge in [-0.05, 0) is 44.0 Å². The minimum absolute atomic E-state index is 0.115. The number of anilines is 1. The molecule has 1 aliphatic rings. The van der Waals surface area contributed by atoms with Crippen LogP contribution in [-0.2, 0) is 10.0 Å². The number of aryl methyl sites for hydroxylation is 1. The molecule has 2 N–H and O–H groups in total. The van der Waals surface area contributed by atoms with Crippen LogP contribution in [-0.4, -0.2) is 36.8 Å². The standard InChI is InChI=1S/C16H17ClN2O4S2/c1-10-15(25(22,23)19-6-2-3-7-19)9-14(24-10)16(21)18-12-8-11(17)4-5-13(12)20/h4-5,8-9,20H,2-3,6-7H2,1H3,(H,18,21). The number of rotatable bonds is 4. The molecule has 0 spiro atoms. The van der Waals surface area contributed by atoms with Crippen molar-refractivity contribution < 1.29 is 18.3 Å². The number of hydrogen-bond donors (Lipinski definition) is 2. The summed E-state index contributed by atoms with van der Waals surface area (Å²) in [6.07, 6.45) is 1.70. The first-order valence-electron chi connectivity index (χ1n) is 7.69. The van der Waals surface area contributed by atoms with Crippen molar-refractivity contribution in [3.05, 3.63) is 39.0 Å². The summed E-state index contributed by atoms with van der Waals surface area (Å²) in [7, 11) is -3.58. The third-order valence-electron chi connectivity index (χ3n) is 3.99. The van der Waals surface area contributed by atoms with Gasteiger partial charge in [0, 0.05) is 23.0 Å². The zero-order chi connectivity index (χ0) is 18.2. The van der Waals surface area contributed by atoms with Crippen LogP contribution in [0.1, 0.15) is 27.4 Å². The van der Waals surface area contributed by atoms with Gasteiger partial charge >= 0.3 is 0 Å². The number of hydrogen-bond acceptors (Lipinski definition) is 5. The van der Waals surface area contributed by atoms with E-state index in [1.54, 1.807) is 6.92 Å². The Hall–Kier alpha value is -1.61. The summed E-state index contributed by atoms with van der Waals surface area (Å²) in [5.41, 5.74) is 0.174. The molecule has 3 rings (SSSR count). The van der Waals surface area contributed by atoms with E-state index in [0.717, 1.165) is 24.2 Å². The Morgan fingerprint density at radius 3 is 2.64 bits per heavy atom. The van der Waals surface area contributed by atoms with Crippen LogP contribution in [0, 0.1) is 6.92 Å². The summed E-state index contributed by atoms with van der Waals surface area (Å²) in [5, 5.41) is 12.7. The number of aromatic hydroxyl groups is 1. The first-order valence-corrected chi connectivity index (χ1v) is 10.3. The van der Waals surface area contributed by atoms with Crippen LogP contribution in [0.3, 0.4) is 0 Å². The molecule has 2 aromatic rings. The SMILES string of the molecule is Cc1sc(C(=O)Nc2cc(Cl)ccc2O)cc1S(=O)(=O)N1CCCC1.